The number of hydrogen-bond donors (Lipinski definition) is 1. The second-order valence-electron chi connectivity index (χ2n) is 4.42. The van der Waals surface area contributed by atoms with Gasteiger partial charge in [-0.3, -0.25) is 0 Å². The Morgan fingerprint density at radius 2 is 2.07 bits per heavy atom. The number of rotatable bonds is 4. The van der Waals surface area contributed by atoms with E-state index in [1.54, 1.807) is 0 Å². The van der Waals surface area contributed by atoms with E-state index in [-0.39, 0.29) is 0 Å². The van der Waals surface area contributed by atoms with E-state index in [2.05, 4.69) is 50.9 Å². The smallest absolute Gasteiger partial charge is 0.0297 e. The van der Waals surface area contributed by atoms with Gasteiger partial charge in [-0.05, 0) is 38.8 Å². The molecule has 0 aliphatic carbocycles. The second-order valence-corrected chi connectivity index (χ2v) is 4.42. The highest BCUT2D eigenvalue weighted by Gasteiger charge is 2.07. The normalized spacial score (nSPS) is 12.5. The largest absolute Gasteiger partial charge is 0.306 e. The van der Waals surface area contributed by atoms with Crippen LogP contribution in [0.25, 0.3) is 0 Å². The van der Waals surface area contributed by atoms with E-state index in [9.17, 15) is 0 Å². The zero-order chi connectivity index (χ0) is 11.4. The number of nitrogens with one attached hydrogen (secondary N) is 1. The lowest BCUT2D eigenvalue weighted by atomic mass is 10.0. The minimum atomic E-state index is 0.391. The fourth-order valence-corrected chi connectivity index (χ4v) is 1.75. The van der Waals surface area contributed by atoms with Crippen molar-refractivity contribution in [3.8, 4) is 0 Å². The van der Waals surface area contributed by atoms with E-state index in [0.29, 0.717) is 6.04 Å². The molecule has 0 heterocycles. The van der Waals surface area contributed by atoms with Gasteiger partial charge in [0.2, 0.25) is 0 Å². The van der Waals surface area contributed by atoms with E-state index in [1.807, 2.05) is 6.92 Å². The van der Waals surface area contributed by atoms with Crippen molar-refractivity contribution in [1.29, 1.82) is 0 Å². The van der Waals surface area contributed by atoms with Gasteiger partial charge in [0.15, 0.2) is 0 Å². The molecule has 0 saturated heterocycles. The third kappa shape index (κ3) is 3.52. The highest BCUT2D eigenvalue weighted by atomic mass is 14.9. The van der Waals surface area contributed by atoms with Crippen LogP contribution in [0.4, 0.5) is 0 Å². The van der Waals surface area contributed by atoms with Gasteiger partial charge in [-0.1, -0.05) is 35.9 Å². The van der Waals surface area contributed by atoms with Crippen molar-refractivity contribution in [2.75, 3.05) is 6.54 Å². The van der Waals surface area contributed by atoms with Crippen LogP contribution in [-0.4, -0.2) is 6.54 Å². The highest BCUT2D eigenvalue weighted by molar-refractivity contribution is 5.32. The van der Waals surface area contributed by atoms with Crippen LogP contribution in [0.5, 0.6) is 0 Å². The zero-order valence-corrected chi connectivity index (χ0v) is 10.2. The van der Waals surface area contributed by atoms with E-state index in [0.717, 1.165) is 6.54 Å². The van der Waals surface area contributed by atoms with Crippen molar-refractivity contribution < 1.29 is 0 Å². The van der Waals surface area contributed by atoms with Crippen molar-refractivity contribution in [3.63, 3.8) is 0 Å². The Balaban J connectivity index is 2.73. The van der Waals surface area contributed by atoms with Gasteiger partial charge in [0.05, 0.1) is 0 Å². The Bertz CT molecular complexity index is 352. The molecule has 0 bridgehead atoms. The van der Waals surface area contributed by atoms with E-state index in [4.69, 9.17) is 0 Å². The van der Waals surface area contributed by atoms with Gasteiger partial charge >= 0.3 is 0 Å². The summed E-state index contributed by atoms with van der Waals surface area (Å²) in [5, 5.41) is 3.46. The van der Waals surface area contributed by atoms with Crippen molar-refractivity contribution >= 4 is 0 Å². The minimum absolute atomic E-state index is 0.391. The first kappa shape index (κ1) is 12.0. The maximum Gasteiger partial charge on any atom is 0.0297 e. The Kier molecular flexibility index (Phi) is 4.10. The van der Waals surface area contributed by atoms with Crippen LogP contribution >= 0.6 is 0 Å². The first-order valence-corrected chi connectivity index (χ1v) is 5.45. The molecule has 15 heavy (non-hydrogen) atoms. The Morgan fingerprint density at radius 3 is 2.60 bits per heavy atom. The van der Waals surface area contributed by atoms with Gasteiger partial charge in [-0.15, -0.1) is 0 Å². The molecule has 1 aromatic carbocycles. The van der Waals surface area contributed by atoms with E-state index in [1.165, 1.54) is 22.3 Å². The first-order valence-electron chi connectivity index (χ1n) is 5.45. The summed E-state index contributed by atoms with van der Waals surface area (Å²) < 4.78 is 0. The van der Waals surface area contributed by atoms with Gasteiger partial charge < -0.3 is 5.32 Å². The lowest BCUT2D eigenvalue weighted by molar-refractivity contribution is 0.604. The molecule has 0 saturated carbocycles. The Labute approximate surface area is 93.2 Å². The highest BCUT2D eigenvalue weighted by Crippen LogP contribution is 2.18. The van der Waals surface area contributed by atoms with Crippen LogP contribution in [0.1, 0.15) is 36.6 Å². The van der Waals surface area contributed by atoms with Crippen molar-refractivity contribution in [2.45, 2.75) is 33.7 Å². The molecule has 1 heteroatoms. The monoisotopic (exact) mass is 203 g/mol. The van der Waals surface area contributed by atoms with E-state index >= 15 is 0 Å². The molecule has 1 N–H and O–H groups in total. The average molecular weight is 203 g/mol. The van der Waals surface area contributed by atoms with Crippen LogP contribution in [-0.2, 0) is 0 Å². The lowest BCUT2D eigenvalue weighted by Gasteiger charge is -2.17. The molecule has 1 atom stereocenters. The zero-order valence-electron chi connectivity index (χ0n) is 10.2. The summed E-state index contributed by atoms with van der Waals surface area (Å²) in [5.41, 5.74) is 5.23. The fraction of sp³-hybridized carbons (Fsp3) is 0.429. The first-order chi connectivity index (χ1) is 7.00. The van der Waals surface area contributed by atoms with Crippen LogP contribution in [0.3, 0.4) is 0 Å². The molecule has 1 unspecified atom stereocenters. The molecule has 0 amide bonds. The molecule has 1 aromatic rings. The predicted molar refractivity (Wildman–Crippen MR) is 67.1 cm³/mol. The molecule has 0 radical (unpaired) electrons. The number of aryl methyl sites for hydroxylation is 2. The standard InChI is InChI=1S/C14H21N/c1-10(2)9-15-13(5)14-7-6-11(3)8-12(14)4/h6-8,13,15H,1,9H2,2-5H3. The van der Waals surface area contributed by atoms with Crippen LogP contribution < -0.4 is 5.32 Å². The molecule has 1 rings (SSSR count). The Morgan fingerprint density at radius 1 is 1.40 bits per heavy atom. The third-order valence-corrected chi connectivity index (χ3v) is 2.60. The SMILES string of the molecule is C=C(C)CNC(C)c1ccc(C)cc1C. The molecule has 1 nitrogen and oxygen atoms in total. The molecule has 0 fully saturated rings. The molecular formula is C14H21N. The second kappa shape index (κ2) is 5.13. The summed E-state index contributed by atoms with van der Waals surface area (Å²) in [6.07, 6.45) is 0. The summed E-state index contributed by atoms with van der Waals surface area (Å²) in [5.74, 6) is 0. The van der Waals surface area contributed by atoms with Gasteiger partial charge in [0, 0.05) is 12.6 Å². The van der Waals surface area contributed by atoms with Gasteiger partial charge in [-0.2, -0.15) is 0 Å². The minimum Gasteiger partial charge on any atom is -0.306 e. The average Bonchev–Trinajstić information content (AvgIpc) is 2.14. The lowest BCUT2D eigenvalue weighted by Crippen LogP contribution is -2.21. The quantitative estimate of drug-likeness (QED) is 0.738. The number of hydrogen-bond acceptors (Lipinski definition) is 1. The van der Waals surface area contributed by atoms with Crippen LogP contribution in [0.15, 0.2) is 30.4 Å². The summed E-state index contributed by atoms with van der Waals surface area (Å²) in [4.78, 5) is 0. The molecule has 0 spiro atoms. The van der Waals surface area contributed by atoms with E-state index < -0.39 is 0 Å². The molecule has 0 aliphatic rings. The molecule has 0 aliphatic heterocycles. The Hall–Kier alpha value is -1.08. The maximum atomic E-state index is 3.89. The summed E-state index contributed by atoms with van der Waals surface area (Å²) in [6, 6.07) is 7.00. The summed E-state index contributed by atoms with van der Waals surface area (Å²) in [6.45, 7) is 13.3. The van der Waals surface area contributed by atoms with Crippen LogP contribution in [0, 0.1) is 13.8 Å². The predicted octanol–water partition coefficient (Wildman–Crippen LogP) is 3.53. The fourth-order valence-electron chi connectivity index (χ4n) is 1.75. The van der Waals surface area contributed by atoms with Crippen molar-refractivity contribution in [2.24, 2.45) is 0 Å². The van der Waals surface area contributed by atoms with Crippen molar-refractivity contribution in [1.82, 2.24) is 5.32 Å². The molecular weight excluding hydrogens is 182 g/mol. The van der Waals surface area contributed by atoms with Crippen LogP contribution in [0.2, 0.25) is 0 Å². The number of benzene rings is 1. The molecule has 0 aromatic heterocycles. The maximum absolute atomic E-state index is 3.89. The summed E-state index contributed by atoms with van der Waals surface area (Å²) >= 11 is 0. The van der Waals surface area contributed by atoms with Gasteiger partial charge in [-0.25, -0.2) is 0 Å². The third-order valence-electron chi connectivity index (χ3n) is 2.60. The van der Waals surface area contributed by atoms with Gasteiger partial charge in [0.1, 0.15) is 0 Å². The van der Waals surface area contributed by atoms with Gasteiger partial charge in [0.25, 0.3) is 0 Å². The topological polar surface area (TPSA) is 12.0 Å². The van der Waals surface area contributed by atoms with Crippen molar-refractivity contribution in [3.05, 3.63) is 47.0 Å². The molecule has 82 valence electrons. The summed E-state index contributed by atoms with van der Waals surface area (Å²) in [7, 11) is 0.